The van der Waals surface area contributed by atoms with Gasteiger partial charge in [0, 0.05) is 37.8 Å². The van der Waals surface area contributed by atoms with Crippen LogP contribution in [-0.2, 0) is 21.4 Å². The number of rotatable bonds is 8. The molecule has 0 atom stereocenters. The van der Waals surface area contributed by atoms with Crippen molar-refractivity contribution in [3.63, 3.8) is 0 Å². The van der Waals surface area contributed by atoms with Gasteiger partial charge in [-0.15, -0.1) is 0 Å². The van der Waals surface area contributed by atoms with Crippen LogP contribution in [0.25, 0.3) is 5.69 Å². The molecule has 2 aromatic carbocycles. The number of nitrogens with zero attached hydrogens (tertiary/aromatic N) is 3. The predicted octanol–water partition coefficient (Wildman–Crippen LogP) is 3.40. The molecule has 0 aliphatic heterocycles. The summed E-state index contributed by atoms with van der Waals surface area (Å²) in [5.41, 5.74) is 4.67. The van der Waals surface area contributed by atoms with E-state index in [1.165, 1.54) is 4.90 Å². The van der Waals surface area contributed by atoms with Crippen molar-refractivity contribution in [3.05, 3.63) is 76.6 Å². The number of carbonyl (C=O) groups excluding carboxylic acids is 1. The third-order valence-electron chi connectivity index (χ3n) is 5.44. The van der Waals surface area contributed by atoms with Gasteiger partial charge in [0.25, 0.3) is 0 Å². The number of aromatic nitrogens is 2. The Morgan fingerprint density at radius 2 is 1.79 bits per heavy atom. The van der Waals surface area contributed by atoms with Gasteiger partial charge in [0.1, 0.15) is 0 Å². The molecule has 0 aliphatic carbocycles. The van der Waals surface area contributed by atoms with Gasteiger partial charge in [-0.2, -0.15) is 5.10 Å². The molecule has 0 saturated carbocycles. The summed E-state index contributed by atoms with van der Waals surface area (Å²) in [5.74, 6) is -2.67. The van der Waals surface area contributed by atoms with Crippen LogP contribution < -0.4 is 4.72 Å². The van der Waals surface area contributed by atoms with E-state index in [1.54, 1.807) is 7.05 Å². The lowest BCUT2D eigenvalue weighted by Crippen LogP contribution is -2.32. The summed E-state index contributed by atoms with van der Waals surface area (Å²) in [7, 11) is -2.43. The number of halogens is 2. The molecule has 1 N–H and O–H groups in total. The van der Waals surface area contributed by atoms with E-state index in [9.17, 15) is 22.0 Å². The van der Waals surface area contributed by atoms with Gasteiger partial charge < -0.3 is 4.90 Å². The van der Waals surface area contributed by atoms with Gasteiger partial charge in [-0.25, -0.2) is 26.6 Å². The molecule has 0 saturated heterocycles. The Hall–Kier alpha value is -3.11. The van der Waals surface area contributed by atoms with Crippen LogP contribution in [0.2, 0.25) is 0 Å². The molecular weight excluding hydrogens is 450 g/mol. The second kappa shape index (κ2) is 9.80. The Morgan fingerprint density at radius 1 is 1.09 bits per heavy atom. The monoisotopic (exact) mass is 476 g/mol. The lowest BCUT2D eigenvalue weighted by Gasteiger charge is -2.18. The fourth-order valence-electron chi connectivity index (χ4n) is 3.48. The first kappa shape index (κ1) is 24.5. The van der Waals surface area contributed by atoms with E-state index in [2.05, 4.69) is 9.82 Å². The zero-order valence-electron chi connectivity index (χ0n) is 18.9. The highest BCUT2D eigenvalue weighted by Crippen LogP contribution is 2.21. The van der Waals surface area contributed by atoms with Gasteiger partial charge in [-0.3, -0.25) is 4.79 Å². The quantitative estimate of drug-likeness (QED) is 0.540. The normalized spacial score (nSPS) is 11.6. The Morgan fingerprint density at radius 3 is 2.45 bits per heavy atom. The zero-order valence-corrected chi connectivity index (χ0v) is 19.7. The summed E-state index contributed by atoms with van der Waals surface area (Å²) in [5, 5.41) is 4.62. The maximum atomic E-state index is 13.3. The minimum Gasteiger partial charge on any atom is -0.341 e. The van der Waals surface area contributed by atoms with Gasteiger partial charge in [-0.1, -0.05) is 18.2 Å². The average molecular weight is 477 g/mol. The van der Waals surface area contributed by atoms with Gasteiger partial charge in [0.05, 0.1) is 16.3 Å². The minimum atomic E-state index is -4.07. The first-order chi connectivity index (χ1) is 15.5. The number of benzene rings is 2. The van der Waals surface area contributed by atoms with Crippen molar-refractivity contribution in [1.29, 1.82) is 0 Å². The van der Waals surface area contributed by atoms with Crippen molar-refractivity contribution < 1.29 is 22.0 Å². The molecule has 0 unspecified atom stereocenters. The van der Waals surface area contributed by atoms with Crippen LogP contribution >= 0.6 is 0 Å². The van der Waals surface area contributed by atoms with Gasteiger partial charge in [0.15, 0.2) is 11.6 Å². The summed E-state index contributed by atoms with van der Waals surface area (Å²) >= 11 is 0. The standard InChI is InChI=1S/C23H26F2N4O3S/c1-15-7-5-6-8-22(15)29-17(3)19(16(2)27-29)14-28(4)23(30)11-12-26-33(31,32)18-9-10-20(24)21(25)13-18/h5-10,13,26H,11-12,14H2,1-4H3. The van der Waals surface area contributed by atoms with Crippen molar-refractivity contribution in [1.82, 2.24) is 19.4 Å². The average Bonchev–Trinajstić information content (AvgIpc) is 3.03. The molecule has 33 heavy (non-hydrogen) atoms. The number of para-hydroxylation sites is 1. The fourth-order valence-corrected chi connectivity index (χ4v) is 4.52. The molecule has 1 aromatic heterocycles. The molecule has 0 aliphatic rings. The number of nitrogens with one attached hydrogen (secondary N) is 1. The fraction of sp³-hybridized carbons (Fsp3) is 0.304. The lowest BCUT2D eigenvalue weighted by molar-refractivity contribution is -0.130. The van der Waals surface area contributed by atoms with E-state index < -0.39 is 26.6 Å². The predicted molar refractivity (Wildman–Crippen MR) is 120 cm³/mol. The summed E-state index contributed by atoms with van der Waals surface area (Å²) in [6.07, 6.45) is -0.0938. The van der Waals surface area contributed by atoms with E-state index >= 15 is 0 Å². The Labute approximate surface area is 192 Å². The second-order valence-corrected chi connectivity index (χ2v) is 9.59. The molecule has 7 nitrogen and oxygen atoms in total. The number of carbonyl (C=O) groups is 1. The first-order valence-corrected chi connectivity index (χ1v) is 11.8. The molecule has 1 heterocycles. The van der Waals surface area contributed by atoms with Gasteiger partial charge in [-0.05, 0) is 50.6 Å². The highest BCUT2D eigenvalue weighted by molar-refractivity contribution is 7.89. The highest BCUT2D eigenvalue weighted by atomic mass is 32.2. The SMILES string of the molecule is Cc1ccccc1-n1nc(C)c(CN(C)C(=O)CCNS(=O)(=O)c2ccc(F)c(F)c2)c1C. The Balaban J connectivity index is 1.63. The van der Waals surface area contributed by atoms with Crippen LogP contribution in [0.4, 0.5) is 8.78 Å². The molecule has 0 spiro atoms. The molecule has 0 radical (unpaired) electrons. The molecule has 3 rings (SSSR count). The van der Waals surface area contributed by atoms with Crippen LogP contribution in [0.1, 0.15) is 28.9 Å². The van der Waals surface area contributed by atoms with Gasteiger partial charge in [0.2, 0.25) is 15.9 Å². The maximum Gasteiger partial charge on any atom is 0.240 e. The maximum absolute atomic E-state index is 13.3. The summed E-state index contributed by atoms with van der Waals surface area (Å²) in [4.78, 5) is 13.7. The topological polar surface area (TPSA) is 84.3 Å². The van der Waals surface area contributed by atoms with Crippen LogP contribution in [-0.4, -0.2) is 42.6 Å². The number of aryl methyl sites for hydroxylation is 2. The third-order valence-corrected chi connectivity index (χ3v) is 6.90. The minimum absolute atomic E-state index is 0.0938. The number of hydrogen-bond donors (Lipinski definition) is 1. The summed E-state index contributed by atoms with van der Waals surface area (Å²) < 4.78 is 55.0. The molecule has 3 aromatic rings. The Bertz CT molecular complexity index is 1290. The summed E-state index contributed by atoms with van der Waals surface area (Å²) in [6.45, 7) is 5.97. The van der Waals surface area contributed by atoms with Crippen molar-refractivity contribution in [3.8, 4) is 5.69 Å². The molecular formula is C23H26F2N4O3S. The van der Waals surface area contributed by atoms with Gasteiger partial charge >= 0.3 is 0 Å². The second-order valence-electron chi connectivity index (χ2n) is 7.82. The third kappa shape index (κ3) is 5.45. The van der Waals surface area contributed by atoms with E-state index in [0.717, 1.165) is 40.3 Å². The largest absolute Gasteiger partial charge is 0.341 e. The van der Waals surface area contributed by atoms with E-state index in [-0.39, 0.29) is 18.9 Å². The molecule has 0 bridgehead atoms. The Kier molecular flexibility index (Phi) is 7.28. The van der Waals surface area contributed by atoms with Crippen LogP contribution in [0, 0.1) is 32.4 Å². The number of amides is 1. The van der Waals surface area contributed by atoms with E-state index in [1.807, 2.05) is 49.7 Å². The van der Waals surface area contributed by atoms with Crippen molar-refractivity contribution in [2.75, 3.05) is 13.6 Å². The number of sulfonamides is 1. The van der Waals surface area contributed by atoms with E-state index in [4.69, 9.17) is 0 Å². The molecule has 1 amide bonds. The van der Waals surface area contributed by atoms with Crippen molar-refractivity contribution >= 4 is 15.9 Å². The van der Waals surface area contributed by atoms with Crippen LogP contribution in [0.15, 0.2) is 47.4 Å². The summed E-state index contributed by atoms with van der Waals surface area (Å²) in [6, 6.07) is 10.2. The number of hydrogen-bond acceptors (Lipinski definition) is 4. The molecule has 176 valence electrons. The van der Waals surface area contributed by atoms with Crippen molar-refractivity contribution in [2.45, 2.75) is 38.6 Å². The zero-order chi connectivity index (χ0) is 24.3. The molecule has 10 heteroatoms. The molecule has 0 fully saturated rings. The van der Waals surface area contributed by atoms with Crippen molar-refractivity contribution in [2.24, 2.45) is 0 Å². The smallest absolute Gasteiger partial charge is 0.240 e. The van der Waals surface area contributed by atoms with E-state index in [0.29, 0.717) is 12.6 Å². The van der Waals surface area contributed by atoms with Crippen LogP contribution in [0.3, 0.4) is 0 Å². The lowest BCUT2D eigenvalue weighted by atomic mass is 10.1. The first-order valence-electron chi connectivity index (χ1n) is 10.3. The highest BCUT2D eigenvalue weighted by Gasteiger charge is 2.20. The van der Waals surface area contributed by atoms with Crippen LogP contribution in [0.5, 0.6) is 0 Å².